The van der Waals surface area contributed by atoms with E-state index in [0.29, 0.717) is 6.04 Å². The Labute approximate surface area is 103 Å². The predicted molar refractivity (Wildman–Crippen MR) is 65.6 cm³/mol. The molecule has 5 heteroatoms. The van der Waals surface area contributed by atoms with Crippen molar-refractivity contribution >= 4 is 0 Å². The molecule has 0 amide bonds. The number of nitrogens with one attached hydrogen (secondary N) is 1. The third-order valence-electron chi connectivity index (χ3n) is 3.38. The third kappa shape index (κ3) is 3.51. The molecule has 0 aliphatic carbocycles. The Morgan fingerprint density at radius 2 is 2.35 bits per heavy atom. The smallest absolute Gasteiger partial charge is 0.240 e. The zero-order valence-corrected chi connectivity index (χ0v) is 10.8. The summed E-state index contributed by atoms with van der Waals surface area (Å²) < 4.78 is 5.20. The number of hydrogen-bond donors (Lipinski definition) is 1. The normalized spacial score (nSPS) is 21.9. The van der Waals surface area contributed by atoms with Crippen LogP contribution in [0.25, 0.3) is 0 Å². The Kier molecular flexibility index (Phi) is 4.50. The fraction of sp³-hybridized carbons (Fsp3) is 0.833. The van der Waals surface area contributed by atoms with Crippen LogP contribution in [0.1, 0.15) is 37.4 Å². The predicted octanol–water partition coefficient (Wildman–Crippen LogP) is 1.34. The van der Waals surface area contributed by atoms with Crippen molar-refractivity contribution in [2.75, 3.05) is 20.1 Å². The van der Waals surface area contributed by atoms with Gasteiger partial charge >= 0.3 is 0 Å². The van der Waals surface area contributed by atoms with E-state index in [1.165, 1.54) is 25.7 Å². The average Bonchev–Trinajstić information content (AvgIpc) is 2.74. The SMILES string of the molecule is CNCCC1CCCCN1Cc1nc(C)no1. The van der Waals surface area contributed by atoms with E-state index in [2.05, 4.69) is 20.4 Å². The molecule has 1 aliphatic heterocycles. The maximum absolute atomic E-state index is 5.20. The number of rotatable bonds is 5. The van der Waals surface area contributed by atoms with Gasteiger partial charge in [0.2, 0.25) is 5.89 Å². The molecule has 1 aromatic rings. The monoisotopic (exact) mass is 238 g/mol. The highest BCUT2D eigenvalue weighted by atomic mass is 16.5. The van der Waals surface area contributed by atoms with Gasteiger partial charge in [-0.3, -0.25) is 4.90 Å². The first-order valence-corrected chi connectivity index (χ1v) is 6.47. The second-order valence-electron chi connectivity index (χ2n) is 4.75. The minimum absolute atomic E-state index is 0.656. The number of aryl methyl sites for hydroxylation is 1. The molecular formula is C12H22N4O. The highest BCUT2D eigenvalue weighted by Gasteiger charge is 2.23. The fourth-order valence-corrected chi connectivity index (χ4v) is 2.48. The lowest BCUT2D eigenvalue weighted by Gasteiger charge is -2.34. The minimum Gasteiger partial charge on any atom is -0.338 e. The van der Waals surface area contributed by atoms with Crippen LogP contribution in [0.2, 0.25) is 0 Å². The number of hydrogen-bond acceptors (Lipinski definition) is 5. The van der Waals surface area contributed by atoms with Crippen molar-refractivity contribution in [2.45, 2.75) is 45.2 Å². The van der Waals surface area contributed by atoms with Gasteiger partial charge in [-0.1, -0.05) is 11.6 Å². The minimum atomic E-state index is 0.656. The zero-order valence-electron chi connectivity index (χ0n) is 10.8. The first-order valence-electron chi connectivity index (χ1n) is 6.47. The van der Waals surface area contributed by atoms with Crippen molar-refractivity contribution in [3.8, 4) is 0 Å². The Bertz CT molecular complexity index is 339. The van der Waals surface area contributed by atoms with E-state index in [9.17, 15) is 0 Å². The van der Waals surface area contributed by atoms with Crippen LogP contribution in [-0.4, -0.2) is 41.2 Å². The second-order valence-corrected chi connectivity index (χ2v) is 4.75. The molecule has 1 saturated heterocycles. The van der Waals surface area contributed by atoms with E-state index >= 15 is 0 Å². The highest BCUT2D eigenvalue weighted by molar-refractivity contribution is 4.86. The lowest BCUT2D eigenvalue weighted by molar-refractivity contribution is 0.117. The van der Waals surface area contributed by atoms with Crippen LogP contribution in [0.15, 0.2) is 4.52 Å². The molecule has 2 rings (SSSR count). The molecule has 5 nitrogen and oxygen atoms in total. The van der Waals surface area contributed by atoms with Crippen LogP contribution in [0.3, 0.4) is 0 Å². The van der Waals surface area contributed by atoms with E-state index in [1.54, 1.807) is 0 Å². The molecule has 17 heavy (non-hydrogen) atoms. The molecule has 0 saturated carbocycles. The van der Waals surface area contributed by atoms with Gasteiger partial charge in [-0.15, -0.1) is 0 Å². The van der Waals surface area contributed by atoms with Crippen molar-refractivity contribution in [2.24, 2.45) is 0 Å². The summed E-state index contributed by atoms with van der Waals surface area (Å²) in [5.74, 6) is 1.47. The second kappa shape index (κ2) is 6.12. The molecule has 2 heterocycles. The van der Waals surface area contributed by atoms with E-state index < -0.39 is 0 Å². The van der Waals surface area contributed by atoms with E-state index in [0.717, 1.165) is 31.3 Å². The summed E-state index contributed by atoms with van der Waals surface area (Å²) in [6, 6.07) is 0.656. The number of aromatic nitrogens is 2. The Balaban J connectivity index is 1.91. The topological polar surface area (TPSA) is 54.2 Å². The van der Waals surface area contributed by atoms with Gasteiger partial charge in [-0.05, 0) is 46.3 Å². The van der Waals surface area contributed by atoms with Gasteiger partial charge in [0.15, 0.2) is 5.82 Å². The van der Waals surface area contributed by atoms with Gasteiger partial charge in [-0.25, -0.2) is 0 Å². The lowest BCUT2D eigenvalue weighted by Crippen LogP contribution is -2.40. The summed E-state index contributed by atoms with van der Waals surface area (Å²) >= 11 is 0. The van der Waals surface area contributed by atoms with Crippen LogP contribution in [0.4, 0.5) is 0 Å². The summed E-state index contributed by atoms with van der Waals surface area (Å²) in [5, 5.41) is 7.07. The molecular weight excluding hydrogens is 216 g/mol. The maximum Gasteiger partial charge on any atom is 0.240 e. The van der Waals surface area contributed by atoms with Gasteiger partial charge in [-0.2, -0.15) is 4.98 Å². The van der Waals surface area contributed by atoms with Crippen LogP contribution in [-0.2, 0) is 6.54 Å². The van der Waals surface area contributed by atoms with Crippen molar-refractivity contribution < 1.29 is 4.52 Å². The molecule has 0 bridgehead atoms. The molecule has 1 fully saturated rings. The van der Waals surface area contributed by atoms with Gasteiger partial charge in [0, 0.05) is 6.04 Å². The first kappa shape index (κ1) is 12.5. The van der Waals surface area contributed by atoms with Gasteiger partial charge < -0.3 is 9.84 Å². The maximum atomic E-state index is 5.20. The van der Waals surface area contributed by atoms with Crippen LogP contribution in [0.5, 0.6) is 0 Å². The lowest BCUT2D eigenvalue weighted by atomic mass is 9.99. The molecule has 0 radical (unpaired) electrons. The third-order valence-corrected chi connectivity index (χ3v) is 3.38. The highest BCUT2D eigenvalue weighted by Crippen LogP contribution is 2.21. The zero-order chi connectivity index (χ0) is 12.1. The van der Waals surface area contributed by atoms with Crippen LogP contribution >= 0.6 is 0 Å². The molecule has 1 unspecified atom stereocenters. The molecule has 0 aromatic carbocycles. The Morgan fingerprint density at radius 3 is 3.06 bits per heavy atom. The molecule has 1 aliphatic rings. The summed E-state index contributed by atoms with van der Waals surface area (Å²) in [7, 11) is 2.01. The number of nitrogens with zero attached hydrogens (tertiary/aromatic N) is 3. The van der Waals surface area contributed by atoms with E-state index in [4.69, 9.17) is 4.52 Å². The molecule has 1 aromatic heterocycles. The van der Waals surface area contributed by atoms with Crippen molar-refractivity contribution in [1.82, 2.24) is 20.4 Å². The molecule has 0 spiro atoms. The summed E-state index contributed by atoms with van der Waals surface area (Å²) in [5.41, 5.74) is 0. The van der Waals surface area contributed by atoms with Gasteiger partial charge in [0.1, 0.15) is 0 Å². The summed E-state index contributed by atoms with van der Waals surface area (Å²) in [6.45, 7) is 4.89. The molecule has 96 valence electrons. The number of likely N-dealkylation sites (tertiary alicyclic amines) is 1. The Hall–Kier alpha value is -0.940. The summed E-state index contributed by atoms with van der Waals surface area (Å²) in [6.07, 6.45) is 5.11. The van der Waals surface area contributed by atoms with E-state index in [-0.39, 0.29) is 0 Å². The van der Waals surface area contributed by atoms with Crippen LogP contribution in [0, 0.1) is 6.92 Å². The van der Waals surface area contributed by atoms with Crippen molar-refractivity contribution in [1.29, 1.82) is 0 Å². The van der Waals surface area contributed by atoms with Gasteiger partial charge in [0.05, 0.1) is 6.54 Å². The van der Waals surface area contributed by atoms with Crippen molar-refractivity contribution in [3.63, 3.8) is 0 Å². The van der Waals surface area contributed by atoms with Crippen molar-refractivity contribution in [3.05, 3.63) is 11.7 Å². The quantitative estimate of drug-likeness (QED) is 0.839. The fourth-order valence-electron chi connectivity index (χ4n) is 2.48. The largest absolute Gasteiger partial charge is 0.338 e. The summed E-state index contributed by atoms with van der Waals surface area (Å²) in [4.78, 5) is 6.76. The molecule has 1 atom stereocenters. The average molecular weight is 238 g/mol. The van der Waals surface area contributed by atoms with Gasteiger partial charge in [0.25, 0.3) is 0 Å². The standard InChI is InChI=1S/C12H22N4O/c1-10-14-12(17-15-10)9-16-8-4-3-5-11(16)6-7-13-2/h11,13H,3-9H2,1-2H3. The van der Waals surface area contributed by atoms with E-state index in [1.807, 2.05) is 14.0 Å². The molecule has 1 N–H and O–H groups in total. The number of piperidine rings is 1. The Morgan fingerprint density at radius 1 is 1.47 bits per heavy atom. The first-order chi connectivity index (χ1) is 8.29. The van der Waals surface area contributed by atoms with Crippen LogP contribution < -0.4 is 5.32 Å².